The van der Waals surface area contributed by atoms with Gasteiger partial charge in [-0.1, -0.05) is 6.08 Å². The smallest absolute Gasteiger partial charge is 0.372 e. The molecule has 106 valence electrons. The number of rotatable bonds is 6. The minimum atomic E-state index is -5.45. The second-order valence-corrected chi connectivity index (χ2v) is 3.69. The number of allylic oxidation sites excluding steroid dienone is 3. The molecule has 1 nitrogen and oxygen atoms in total. The summed E-state index contributed by atoms with van der Waals surface area (Å²) in [5, 5.41) is 0. The van der Waals surface area contributed by atoms with Crippen LogP contribution in [0.3, 0.4) is 0 Å². The van der Waals surface area contributed by atoms with E-state index in [1.807, 2.05) is 0 Å². The van der Waals surface area contributed by atoms with Crippen LogP contribution >= 0.6 is 0 Å². The van der Waals surface area contributed by atoms with Crippen LogP contribution in [0.15, 0.2) is 24.2 Å². The summed E-state index contributed by atoms with van der Waals surface area (Å²) in [5.74, 6) is -15.7. The molecule has 0 heterocycles. The Morgan fingerprint density at radius 2 is 1.56 bits per heavy atom. The van der Waals surface area contributed by atoms with Gasteiger partial charge in [0.2, 0.25) is 0 Å². The number of hydrogen-bond acceptors (Lipinski definition) is 1. The fourth-order valence-electron chi connectivity index (χ4n) is 1.02. The van der Waals surface area contributed by atoms with Gasteiger partial charge in [0.15, 0.2) is 0 Å². The standard InChI is InChI=1S/C11H14F6O/c1-4-6-18-8(5-2)7-10(14,15)11(16,17)9(3,12)13/h4-6H,7H2,1-3H3/b6-4+,8-5-. The Morgan fingerprint density at radius 3 is 1.89 bits per heavy atom. The van der Waals surface area contributed by atoms with Crippen LogP contribution in [-0.4, -0.2) is 17.8 Å². The van der Waals surface area contributed by atoms with Crippen LogP contribution in [0.25, 0.3) is 0 Å². The Labute approximate surface area is 101 Å². The molecule has 0 aliphatic rings. The van der Waals surface area contributed by atoms with Crippen molar-refractivity contribution < 1.29 is 31.1 Å². The van der Waals surface area contributed by atoms with Crippen molar-refractivity contribution in [2.75, 3.05) is 0 Å². The second-order valence-electron chi connectivity index (χ2n) is 3.69. The average Bonchev–Trinajstić information content (AvgIpc) is 2.22. The van der Waals surface area contributed by atoms with E-state index in [0.29, 0.717) is 0 Å². The summed E-state index contributed by atoms with van der Waals surface area (Å²) in [7, 11) is 0. The van der Waals surface area contributed by atoms with Crippen molar-refractivity contribution in [1.82, 2.24) is 0 Å². The van der Waals surface area contributed by atoms with E-state index in [0.717, 1.165) is 12.3 Å². The maximum absolute atomic E-state index is 13.2. The lowest BCUT2D eigenvalue weighted by Gasteiger charge is -2.31. The first-order chi connectivity index (χ1) is 7.99. The van der Waals surface area contributed by atoms with Gasteiger partial charge in [-0.15, -0.1) is 0 Å². The third-order valence-electron chi connectivity index (χ3n) is 2.08. The van der Waals surface area contributed by atoms with Gasteiger partial charge in [-0.2, -0.15) is 26.3 Å². The van der Waals surface area contributed by atoms with Crippen LogP contribution in [0.5, 0.6) is 0 Å². The number of alkyl halides is 6. The lowest BCUT2D eigenvalue weighted by Crippen LogP contribution is -2.52. The number of halogens is 6. The van der Waals surface area contributed by atoms with Crippen molar-refractivity contribution in [3.63, 3.8) is 0 Å². The summed E-state index contributed by atoms with van der Waals surface area (Å²) in [6.45, 7) is 2.54. The first-order valence-electron chi connectivity index (χ1n) is 5.06. The molecule has 0 fully saturated rings. The molecule has 0 spiro atoms. The molecule has 0 saturated heterocycles. The second kappa shape index (κ2) is 5.67. The normalized spacial score (nSPS) is 15.3. The van der Waals surface area contributed by atoms with Crippen LogP contribution in [0, 0.1) is 0 Å². The van der Waals surface area contributed by atoms with Gasteiger partial charge in [0, 0.05) is 6.92 Å². The molecular weight excluding hydrogens is 262 g/mol. The van der Waals surface area contributed by atoms with E-state index in [2.05, 4.69) is 4.74 Å². The van der Waals surface area contributed by atoms with Gasteiger partial charge in [0.1, 0.15) is 5.76 Å². The zero-order valence-corrected chi connectivity index (χ0v) is 10.1. The fourth-order valence-corrected chi connectivity index (χ4v) is 1.02. The summed E-state index contributed by atoms with van der Waals surface area (Å²) in [6.07, 6.45) is 1.74. The molecule has 0 rings (SSSR count). The highest BCUT2D eigenvalue weighted by Gasteiger charge is 2.69. The number of ether oxygens (including phenoxy) is 1. The summed E-state index contributed by atoms with van der Waals surface area (Å²) in [4.78, 5) is 0. The highest BCUT2D eigenvalue weighted by molar-refractivity contribution is 5.04. The zero-order valence-electron chi connectivity index (χ0n) is 10.1. The molecule has 0 amide bonds. The van der Waals surface area contributed by atoms with Crippen LogP contribution < -0.4 is 0 Å². The fraction of sp³-hybridized carbons (Fsp3) is 0.636. The Kier molecular flexibility index (Phi) is 5.31. The average molecular weight is 276 g/mol. The summed E-state index contributed by atoms with van der Waals surface area (Å²) in [6, 6.07) is 0. The first-order valence-corrected chi connectivity index (χ1v) is 5.06. The van der Waals surface area contributed by atoms with Crippen LogP contribution in [0.4, 0.5) is 26.3 Å². The van der Waals surface area contributed by atoms with E-state index in [-0.39, 0.29) is 6.92 Å². The van der Waals surface area contributed by atoms with Gasteiger partial charge < -0.3 is 4.74 Å². The largest absolute Gasteiger partial charge is 0.470 e. The van der Waals surface area contributed by atoms with Crippen LogP contribution in [-0.2, 0) is 4.74 Å². The Morgan fingerprint density at radius 1 is 1.06 bits per heavy atom. The predicted molar refractivity (Wildman–Crippen MR) is 54.8 cm³/mol. The van der Waals surface area contributed by atoms with E-state index in [1.54, 1.807) is 0 Å². The van der Waals surface area contributed by atoms with Crippen LogP contribution in [0.2, 0.25) is 0 Å². The number of hydrogen-bond donors (Lipinski definition) is 0. The zero-order chi connectivity index (χ0) is 14.6. The molecule has 0 aromatic rings. The molecule has 0 aliphatic heterocycles. The monoisotopic (exact) mass is 276 g/mol. The molecule has 0 atom stereocenters. The topological polar surface area (TPSA) is 9.23 Å². The van der Waals surface area contributed by atoms with E-state index in [4.69, 9.17) is 0 Å². The summed E-state index contributed by atoms with van der Waals surface area (Å²) < 4.78 is 81.8. The highest BCUT2D eigenvalue weighted by Crippen LogP contribution is 2.48. The highest BCUT2D eigenvalue weighted by atomic mass is 19.3. The van der Waals surface area contributed by atoms with E-state index < -0.39 is 29.9 Å². The Hall–Kier alpha value is -1.14. The molecule has 7 heteroatoms. The Balaban J connectivity index is 5.05. The van der Waals surface area contributed by atoms with Crippen molar-refractivity contribution >= 4 is 0 Å². The van der Waals surface area contributed by atoms with Crippen molar-refractivity contribution in [2.45, 2.75) is 45.0 Å². The van der Waals surface area contributed by atoms with Crippen molar-refractivity contribution in [2.24, 2.45) is 0 Å². The van der Waals surface area contributed by atoms with Gasteiger partial charge in [0.25, 0.3) is 0 Å². The molecule has 0 aliphatic carbocycles. The molecular formula is C11H14F6O. The lowest BCUT2D eigenvalue weighted by atomic mass is 10.0. The van der Waals surface area contributed by atoms with Gasteiger partial charge in [-0.25, -0.2) is 0 Å². The van der Waals surface area contributed by atoms with Crippen molar-refractivity contribution in [3.05, 3.63) is 24.2 Å². The molecule has 0 unspecified atom stereocenters. The van der Waals surface area contributed by atoms with Gasteiger partial charge in [0.05, 0.1) is 12.7 Å². The SMILES string of the molecule is C/C=C(/CC(F)(F)C(F)(F)C(C)(F)F)O/C=C/C. The molecule has 0 aromatic carbocycles. The lowest BCUT2D eigenvalue weighted by molar-refractivity contribution is -0.303. The van der Waals surface area contributed by atoms with Gasteiger partial charge in [-0.3, -0.25) is 0 Å². The minimum absolute atomic E-state index is 0.247. The predicted octanol–water partition coefficient (Wildman–Crippen LogP) is 4.76. The summed E-state index contributed by atoms with van der Waals surface area (Å²) in [5.41, 5.74) is 0. The minimum Gasteiger partial charge on any atom is -0.470 e. The molecule has 18 heavy (non-hydrogen) atoms. The maximum atomic E-state index is 13.2. The third-order valence-corrected chi connectivity index (χ3v) is 2.08. The Bertz CT molecular complexity index is 327. The van der Waals surface area contributed by atoms with Crippen molar-refractivity contribution in [1.29, 1.82) is 0 Å². The molecule has 0 radical (unpaired) electrons. The molecule has 0 N–H and O–H groups in total. The summed E-state index contributed by atoms with van der Waals surface area (Å²) >= 11 is 0. The van der Waals surface area contributed by atoms with Crippen molar-refractivity contribution in [3.8, 4) is 0 Å². The molecule has 0 bridgehead atoms. The third kappa shape index (κ3) is 3.68. The quantitative estimate of drug-likeness (QED) is 0.502. The van der Waals surface area contributed by atoms with Crippen LogP contribution in [0.1, 0.15) is 27.2 Å². The van der Waals surface area contributed by atoms with E-state index in [1.165, 1.54) is 19.9 Å². The van der Waals surface area contributed by atoms with Gasteiger partial charge in [-0.05, 0) is 19.9 Å². The molecule has 0 saturated carbocycles. The molecule has 0 aromatic heterocycles. The maximum Gasteiger partial charge on any atom is 0.372 e. The van der Waals surface area contributed by atoms with E-state index in [9.17, 15) is 26.3 Å². The first kappa shape index (κ1) is 16.9. The van der Waals surface area contributed by atoms with E-state index >= 15 is 0 Å². The van der Waals surface area contributed by atoms with Gasteiger partial charge >= 0.3 is 17.8 Å².